The molecule has 1 fully saturated rings. The molecule has 0 aromatic heterocycles. The summed E-state index contributed by atoms with van der Waals surface area (Å²) in [4.78, 5) is 13.3. The summed E-state index contributed by atoms with van der Waals surface area (Å²) in [6, 6.07) is 14.6. The summed E-state index contributed by atoms with van der Waals surface area (Å²) in [5.74, 6) is 5.56. The molecule has 1 saturated carbocycles. The Morgan fingerprint density at radius 2 is 1.77 bits per heavy atom. The van der Waals surface area contributed by atoms with Crippen LogP contribution in [0.25, 0.3) is 0 Å². The van der Waals surface area contributed by atoms with Crippen molar-refractivity contribution < 1.29 is 9.90 Å². The summed E-state index contributed by atoms with van der Waals surface area (Å²) in [6.07, 6.45) is 2.72. The average molecular weight is 347 g/mol. The second kappa shape index (κ2) is 8.21. The van der Waals surface area contributed by atoms with Crippen molar-refractivity contribution in [3.05, 3.63) is 70.3 Å². The maximum Gasteiger partial charge on any atom is 0.307 e. The topological polar surface area (TPSA) is 40.5 Å². The molecule has 3 heteroatoms. The van der Waals surface area contributed by atoms with Crippen LogP contribution in [0.1, 0.15) is 47.6 Å². The lowest BCUT2D eigenvalue weighted by atomic mass is 10.0. The minimum atomic E-state index is -0.817. The molecule has 0 aliphatic heterocycles. The largest absolute Gasteiger partial charge is 0.481 e. The van der Waals surface area contributed by atoms with E-state index in [9.17, 15) is 4.79 Å². The monoisotopic (exact) mass is 347 g/mol. The number of aryl methyl sites for hydroxylation is 1. The summed E-state index contributed by atoms with van der Waals surface area (Å²) >= 11 is 0. The first-order valence-corrected chi connectivity index (χ1v) is 9.21. The van der Waals surface area contributed by atoms with Crippen molar-refractivity contribution in [2.75, 3.05) is 6.54 Å². The fourth-order valence-corrected chi connectivity index (χ4v) is 3.13. The Bertz CT molecular complexity index is 839. The molecule has 0 heterocycles. The van der Waals surface area contributed by atoms with Gasteiger partial charge in [-0.3, -0.25) is 9.69 Å². The van der Waals surface area contributed by atoms with E-state index in [1.807, 2.05) is 24.3 Å². The molecule has 0 atom stereocenters. The molecule has 3 rings (SSSR count). The van der Waals surface area contributed by atoms with Crippen molar-refractivity contribution in [2.45, 2.75) is 45.7 Å². The normalized spacial score (nSPS) is 13.3. The Balaban J connectivity index is 1.68. The molecule has 1 N–H and O–H groups in total. The number of benzene rings is 2. The lowest BCUT2D eigenvalue weighted by molar-refractivity contribution is -0.136. The van der Waals surface area contributed by atoms with Crippen molar-refractivity contribution in [3.63, 3.8) is 0 Å². The van der Waals surface area contributed by atoms with Gasteiger partial charge in [0.1, 0.15) is 0 Å². The minimum absolute atomic E-state index is 0.0456. The molecule has 1 aliphatic rings. The number of aliphatic carboxylic acids is 1. The van der Waals surface area contributed by atoms with Crippen LogP contribution < -0.4 is 0 Å². The molecule has 0 unspecified atom stereocenters. The van der Waals surface area contributed by atoms with E-state index in [0.29, 0.717) is 0 Å². The highest BCUT2D eigenvalue weighted by Crippen LogP contribution is 2.28. The van der Waals surface area contributed by atoms with Gasteiger partial charge in [0.15, 0.2) is 0 Å². The molecule has 0 radical (unpaired) electrons. The Labute approximate surface area is 155 Å². The van der Waals surface area contributed by atoms with Gasteiger partial charge in [-0.15, -0.1) is 0 Å². The third-order valence-electron chi connectivity index (χ3n) is 4.85. The van der Waals surface area contributed by atoms with Gasteiger partial charge >= 0.3 is 5.97 Å². The Hall–Kier alpha value is -2.57. The molecule has 2 aromatic rings. The minimum Gasteiger partial charge on any atom is -0.481 e. The van der Waals surface area contributed by atoms with Gasteiger partial charge < -0.3 is 5.11 Å². The van der Waals surface area contributed by atoms with Gasteiger partial charge in [-0.2, -0.15) is 0 Å². The number of carboxylic acid groups (broad SMARTS) is 1. The fraction of sp³-hybridized carbons (Fsp3) is 0.348. The van der Waals surface area contributed by atoms with Gasteiger partial charge in [0.25, 0.3) is 0 Å². The van der Waals surface area contributed by atoms with E-state index in [1.54, 1.807) is 0 Å². The highest BCUT2D eigenvalue weighted by Gasteiger charge is 2.27. The number of hydrogen-bond acceptors (Lipinski definition) is 2. The molecule has 0 amide bonds. The first kappa shape index (κ1) is 18.2. The van der Waals surface area contributed by atoms with E-state index < -0.39 is 5.97 Å². The molecule has 0 bridgehead atoms. The summed E-state index contributed by atoms with van der Waals surface area (Å²) in [5, 5.41) is 8.81. The van der Waals surface area contributed by atoms with Crippen LogP contribution >= 0.6 is 0 Å². The molecular weight excluding hydrogens is 322 g/mol. The second-order valence-corrected chi connectivity index (χ2v) is 6.95. The molecule has 134 valence electrons. The lowest BCUT2D eigenvalue weighted by Gasteiger charge is -2.21. The van der Waals surface area contributed by atoms with Crippen LogP contribution in [0.2, 0.25) is 0 Å². The zero-order chi connectivity index (χ0) is 18.5. The summed E-state index contributed by atoms with van der Waals surface area (Å²) in [7, 11) is 0. The number of hydrogen-bond donors (Lipinski definition) is 1. The van der Waals surface area contributed by atoms with Crippen LogP contribution in [-0.2, 0) is 17.8 Å². The molecule has 3 nitrogen and oxygen atoms in total. The van der Waals surface area contributed by atoms with Gasteiger partial charge in [0, 0.05) is 23.7 Å². The molecule has 0 spiro atoms. The van der Waals surface area contributed by atoms with Crippen LogP contribution in [0.15, 0.2) is 42.5 Å². The zero-order valence-corrected chi connectivity index (χ0v) is 15.5. The number of carbonyl (C=O) groups is 1. The Kier molecular flexibility index (Phi) is 5.75. The summed E-state index contributed by atoms with van der Waals surface area (Å²) in [6.45, 7) is 6.51. The van der Waals surface area contributed by atoms with Crippen molar-refractivity contribution in [2.24, 2.45) is 0 Å². The number of nitrogens with zero attached hydrogens (tertiary/aromatic N) is 1. The second-order valence-electron chi connectivity index (χ2n) is 6.95. The van der Waals surface area contributed by atoms with E-state index >= 15 is 0 Å². The molecule has 26 heavy (non-hydrogen) atoms. The van der Waals surface area contributed by atoms with E-state index in [1.165, 1.54) is 24.0 Å². The van der Waals surface area contributed by atoms with Crippen molar-refractivity contribution >= 4 is 5.97 Å². The predicted octanol–water partition coefficient (Wildman–Crippen LogP) is 4.01. The first-order chi connectivity index (χ1) is 12.5. The Morgan fingerprint density at radius 3 is 2.35 bits per heavy atom. The van der Waals surface area contributed by atoms with Gasteiger partial charge in [0.05, 0.1) is 6.42 Å². The van der Waals surface area contributed by atoms with Gasteiger partial charge in [-0.25, -0.2) is 0 Å². The van der Waals surface area contributed by atoms with Crippen molar-refractivity contribution in [3.8, 4) is 11.8 Å². The summed E-state index contributed by atoms with van der Waals surface area (Å²) in [5.41, 5.74) is 5.36. The standard InChI is InChI=1S/C23H25NO2/c1-3-24(22-12-13-22)16-21-11-10-19(14-17(21)2)7-4-18-5-8-20(9-6-18)15-23(25)26/h5-6,8-11,14,22H,3,12-13,15-16H2,1-2H3,(H,25,26). The highest BCUT2D eigenvalue weighted by atomic mass is 16.4. The summed E-state index contributed by atoms with van der Waals surface area (Å²) < 4.78 is 0. The number of carboxylic acids is 1. The van der Waals surface area contributed by atoms with E-state index in [0.717, 1.165) is 35.8 Å². The maximum absolute atomic E-state index is 10.7. The van der Waals surface area contributed by atoms with Gasteiger partial charge in [-0.05, 0) is 67.3 Å². The third kappa shape index (κ3) is 4.97. The van der Waals surface area contributed by atoms with Crippen LogP contribution in [0.4, 0.5) is 0 Å². The van der Waals surface area contributed by atoms with Gasteiger partial charge in [-0.1, -0.05) is 37.0 Å². The van der Waals surface area contributed by atoms with Gasteiger partial charge in [0.2, 0.25) is 0 Å². The molecule has 2 aromatic carbocycles. The maximum atomic E-state index is 10.7. The van der Waals surface area contributed by atoms with E-state index in [2.05, 4.69) is 48.8 Å². The lowest BCUT2D eigenvalue weighted by Crippen LogP contribution is -2.25. The average Bonchev–Trinajstić information content (AvgIpc) is 3.45. The molecular formula is C23H25NO2. The quantitative estimate of drug-likeness (QED) is 0.803. The van der Waals surface area contributed by atoms with Crippen LogP contribution in [0, 0.1) is 18.8 Å². The molecule has 1 aliphatic carbocycles. The predicted molar refractivity (Wildman–Crippen MR) is 104 cm³/mol. The zero-order valence-electron chi connectivity index (χ0n) is 15.5. The fourth-order valence-electron chi connectivity index (χ4n) is 3.13. The SMILES string of the molecule is CCN(Cc1ccc(C#Cc2ccc(CC(=O)O)cc2)cc1C)C1CC1. The smallest absolute Gasteiger partial charge is 0.307 e. The number of rotatable bonds is 6. The van der Waals surface area contributed by atoms with E-state index in [4.69, 9.17) is 5.11 Å². The van der Waals surface area contributed by atoms with E-state index in [-0.39, 0.29) is 6.42 Å². The molecule has 0 saturated heterocycles. The van der Waals surface area contributed by atoms with Crippen molar-refractivity contribution in [1.29, 1.82) is 0 Å². The van der Waals surface area contributed by atoms with Crippen LogP contribution in [-0.4, -0.2) is 28.6 Å². The Morgan fingerprint density at radius 1 is 1.12 bits per heavy atom. The first-order valence-electron chi connectivity index (χ1n) is 9.21. The highest BCUT2D eigenvalue weighted by molar-refractivity contribution is 5.70. The van der Waals surface area contributed by atoms with Crippen LogP contribution in [0.5, 0.6) is 0 Å². The van der Waals surface area contributed by atoms with Crippen molar-refractivity contribution in [1.82, 2.24) is 4.90 Å². The van der Waals surface area contributed by atoms with Crippen LogP contribution in [0.3, 0.4) is 0 Å². The third-order valence-corrected chi connectivity index (χ3v) is 4.85.